The number of carbonyl (C=O) groups excluding carboxylic acids is 1. The summed E-state index contributed by atoms with van der Waals surface area (Å²) in [7, 11) is 1.46. The molecule has 0 aliphatic carbocycles. The van der Waals surface area contributed by atoms with Crippen LogP contribution >= 0.6 is 0 Å². The van der Waals surface area contributed by atoms with Crippen LogP contribution < -0.4 is 20.3 Å². The second kappa shape index (κ2) is 5.84. The van der Waals surface area contributed by atoms with E-state index in [0.29, 0.717) is 10.9 Å². The molecule has 2 aromatic rings. The van der Waals surface area contributed by atoms with Crippen molar-refractivity contribution in [1.29, 1.82) is 0 Å². The van der Waals surface area contributed by atoms with Gasteiger partial charge in [-0.05, 0) is 13.0 Å². The van der Waals surface area contributed by atoms with E-state index in [9.17, 15) is 19.7 Å². The van der Waals surface area contributed by atoms with Crippen molar-refractivity contribution in [3.05, 3.63) is 38.7 Å². The van der Waals surface area contributed by atoms with Crippen molar-refractivity contribution in [2.75, 3.05) is 20.3 Å². The lowest BCUT2D eigenvalue weighted by Crippen LogP contribution is -2.33. The Bertz CT molecular complexity index is 904. The monoisotopic (exact) mass is 333 g/mol. The minimum atomic E-state index is -0.530. The van der Waals surface area contributed by atoms with Gasteiger partial charge < -0.3 is 14.8 Å². The van der Waals surface area contributed by atoms with E-state index in [1.807, 2.05) is 0 Å². The normalized spacial score (nSPS) is 15.7. The molecule has 0 spiro atoms. The number of carbonyl (C=O) groups is 1. The number of rotatable bonds is 4. The zero-order valence-corrected chi connectivity index (χ0v) is 13.1. The van der Waals surface area contributed by atoms with Gasteiger partial charge in [0, 0.05) is 18.5 Å². The number of pyridine rings is 1. The molecule has 0 saturated carbocycles. The molecule has 0 fully saturated rings. The van der Waals surface area contributed by atoms with Crippen molar-refractivity contribution in [2.45, 2.75) is 13.0 Å². The number of nitrogens with one attached hydrogen (secondary N) is 1. The fourth-order valence-corrected chi connectivity index (χ4v) is 2.65. The maximum atomic E-state index is 12.6. The third-order valence-corrected chi connectivity index (χ3v) is 3.82. The minimum absolute atomic E-state index is 0.0358. The molecule has 0 unspecified atom stereocenters. The molecule has 3 rings (SSSR count). The third-order valence-electron chi connectivity index (χ3n) is 3.82. The van der Waals surface area contributed by atoms with Gasteiger partial charge >= 0.3 is 0 Å². The standard InChI is InChI=1S/C15H15N3O6/c1-8-6-23-11-5-10(18(21)22)3-9-4-12(24-7-13(19)16-2)15(20)17(8)14(9)11/h3-5,8H,6-7H2,1-2H3,(H,16,19)/t8-/m1/s1. The number of hydrogen-bond acceptors (Lipinski definition) is 6. The summed E-state index contributed by atoms with van der Waals surface area (Å²) in [5, 5.41) is 13.9. The lowest BCUT2D eigenvalue weighted by molar-refractivity contribution is -0.384. The number of likely N-dealkylation sites (N-methyl/N-ethyl adjacent to an activating group) is 1. The third kappa shape index (κ3) is 2.53. The summed E-state index contributed by atoms with van der Waals surface area (Å²) < 4.78 is 12.3. The lowest BCUT2D eigenvalue weighted by Gasteiger charge is -2.26. The number of ether oxygens (including phenoxy) is 2. The van der Waals surface area contributed by atoms with Crippen molar-refractivity contribution in [1.82, 2.24) is 9.88 Å². The topological polar surface area (TPSA) is 113 Å². The van der Waals surface area contributed by atoms with Gasteiger partial charge in [0.1, 0.15) is 6.61 Å². The number of nitro groups is 1. The smallest absolute Gasteiger partial charge is 0.293 e. The molecule has 1 atom stereocenters. The number of hydrogen-bond donors (Lipinski definition) is 1. The maximum absolute atomic E-state index is 12.6. The van der Waals surface area contributed by atoms with Gasteiger partial charge in [0.05, 0.1) is 22.5 Å². The number of aromatic nitrogens is 1. The molecular formula is C15H15N3O6. The highest BCUT2D eigenvalue weighted by Crippen LogP contribution is 2.36. The predicted octanol–water partition coefficient (Wildman–Crippen LogP) is 0.988. The van der Waals surface area contributed by atoms with Crippen LogP contribution in [0.15, 0.2) is 23.0 Å². The first-order valence-electron chi connectivity index (χ1n) is 7.26. The molecule has 126 valence electrons. The molecule has 1 aliphatic rings. The Hall–Kier alpha value is -3.10. The Morgan fingerprint density at radius 3 is 2.92 bits per heavy atom. The summed E-state index contributed by atoms with van der Waals surface area (Å²) in [6.07, 6.45) is 0. The van der Waals surface area contributed by atoms with Crippen LogP contribution in [0.3, 0.4) is 0 Å². The molecule has 9 nitrogen and oxygen atoms in total. The molecule has 1 N–H and O–H groups in total. The molecule has 9 heteroatoms. The Kier molecular flexibility index (Phi) is 3.84. The van der Waals surface area contributed by atoms with Gasteiger partial charge in [-0.25, -0.2) is 0 Å². The van der Waals surface area contributed by atoms with Gasteiger partial charge in [-0.2, -0.15) is 0 Å². The minimum Gasteiger partial charge on any atom is -0.489 e. The quantitative estimate of drug-likeness (QED) is 0.659. The van der Waals surface area contributed by atoms with Crippen LogP contribution in [0.2, 0.25) is 0 Å². The molecule has 2 heterocycles. The molecular weight excluding hydrogens is 318 g/mol. The van der Waals surface area contributed by atoms with Gasteiger partial charge in [-0.15, -0.1) is 0 Å². The number of non-ortho nitro benzene ring substituents is 1. The summed E-state index contributed by atoms with van der Waals surface area (Å²) in [6.45, 7) is 1.69. The molecule has 0 radical (unpaired) electrons. The van der Waals surface area contributed by atoms with Crippen LogP contribution in [0.25, 0.3) is 10.9 Å². The Morgan fingerprint density at radius 2 is 2.25 bits per heavy atom. The first kappa shape index (κ1) is 15.8. The zero-order chi connectivity index (χ0) is 17.4. The fourth-order valence-electron chi connectivity index (χ4n) is 2.65. The zero-order valence-electron chi connectivity index (χ0n) is 13.1. The van der Waals surface area contributed by atoms with E-state index in [1.165, 1.54) is 29.8 Å². The van der Waals surface area contributed by atoms with Crippen LogP contribution in [-0.4, -0.2) is 35.7 Å². The van der Waals surface area contributed by atoms with E-state index < -0.39 is 10.5 Å². The van der Waals surface area contributed by atoms with E-state index in [2.05, 4.69) is 5.32 Å². The Labute approximate surface area is 135 Å². The molecule has 0 saturated heterocycles. The molecule has 0 bridgehead atoms. The highest BCUT2D eigenvalue weighted by Gasteiger charge is 2.25. The van der Waals surface area contributed by atoms with E-state index in [1.54, 1.807) is 6.92 Å². The number of nitro benzene ring substituents is 1. The fraction of sp³-hybridized carbons (Fsp3) is 0.333. The number of amides is 1. The van der Waals surface area contributed by atoms with Gasteiger partial charge in [-0.1, -0.05) is 0 Å². The Morgan fingerprint density at radius 1 is 1.50 bits per heavy atom. The van der Waals surface area contributed by atoms with E-state index in [-0.39, 0.29) is 42.3 Å². The predicted molar refractivity (Wildman–Crippen MR) is 84.6 cm³/mol. The van der Waals surface area contributed by atoms with Crippen molar-refractivity contribution < 1.29 is 19.2 Å². The first-order valence-corrected chi connectivity index (χ1v) is 7.26. The number of benzene rings is 1. The van der Waals surface area contributed by atoms with Crippen LogP contribution in [-0.2, 0) is 4.79 Å². The summed E-state index contributed by atoms with van der Waals surface area (Å²) >= 11 is 0. The van der Waals surface area contributed by atoms with Crippen molar-refractivity contribution in [2.24, 2.45) is 0 Å². The van der Waals surface area contributed by atoms with Gasteiger partial charge in [0.15, 0.2) is 18.1 Å². The largest absolute Gasteiger partial charge is 0.489 e. The average Bonchev–Trinajstić information content (AvgIpc) is 2.56. The van der Waals surface area contributed by atoms with Crippen LogP contribution in [0.1, 0.15) is 13.0 Å². The molecule has 1 aliphatic heterocycles. The Balaban J connectivity index is 2.22. The molecule has 24 heavy (non-hydrogen) atoms. The molecule has 1 aromatic carbocycles. The first-order chi connectivity index (χ1) is 11.4. The van der Waals surface area contributed by atoms with Crippen molar-refractivity contribution >= 4 is 22.5 Å². The highest BCUT2D eigenvalue weighted by atomic mass is 16.6. The maximum Gasteiger partial charge on any atom is 0.293 e. The van der Waals surface area contributed by atoms with Crippen LogP contribution in [0, 0.1) is 10.1 Å². The summed E-state index contributed by atoms with van der Waals surface area (Å²) in [4.78, 5) is 34.5. The van der Waals surface area contributed by atoms with Crippen LogP contribution in [0.5, 0.6) is 11.5 Å². The van der Waals surface area contributed by atoms with Gasteiger partial charge in [0.25, 0.3) is 17.2 Å². The van der Waals surface area contributed by atoms with E-state index in [4.69, 9.17) is 9.47 Å². The average molecular weight is 333 g/mol. The highest BCUT2D eigenvalue weighted by molar-refractivity contribution is 5.89. The second-order valence-electron chi connectivity index (χ2n) is 5.44. The summed E-state index contributed by atoms with van der Waals surface area (Å²) in [5.74, 6) is -0.136. The van der Waals surface area contributed by atoms with E-state index >= 15 is 0 Å². The van der Waals surface area contributed by atoms with Crippen molar-refractivity contribution in [3.63, 3.8) is 0 Å². The van der Waals surface area contributed by atoms with Crippen molar-refractivity contribution in [3.8, 4) is 11.5 Å². The molecule has 1 amide bonds. The summed E-state index contributed by atoms with van der Waals surface area (Å²) in [5.41, 5.74) is -0.0662. The van der Waals surface area contributed by atoms with Gasteiger partial charge in [-0.3, -0.25) is 24.3 Å². The van der Waals surface area contributed by atoms with Crippen LogP contribution in [0.4, 0.5) is 5.69 Å². The molecule has 1 aromatic heterocycles. The number of nitrogens with zero attached hydrogens (tertiary/aromatic N) is 2. The lowest BCUT2D eigenvalue weighted by atomic mass is 10.1. The SMILES string of the molecule is CNC(=O)COc1cc2cc([N+](=O)[O-])cc3c2n(c1=O)[C@H](C)CO3. The summed E-state index contributed by atoms with van der Waals surface area (Å²) in [6, 6.07) is 3.78. The van der Waals surface area contributed by atoms with Gasteiger partial charge in [0.2, 0.25) is 0 Å². The second-order valence-corrected chi connectivity index (χ2v) is 5.44. The van der Waals surface area contributed by atoms with E-state index in [0.717, 1.165) is 0 Å².